The van der Waals surface area contributed by atoms with E-state index in [0.29, 0.717) is 21.6 Å². The highest BCUT2D eigenvalue weighted by atomic mass is 35.5. The van der Waals surface area contributed by atoms with Gasteiger partial charge in [0.25, 0.3) is 5.91 Å². The van der Waals surface area contributed by atoms with Gasteiger partial charge in [0.1, 0.15) is 11.5 Å². The zero-order chi connectivity index (χ0) is 27.4. The van der Waals surface area contributed by atoms with Crippen LogP contribution in [-0.2, 0) is 11.3 Å². The third-order valence-electron chi connectivity index (χ3n) is 6.45. The number of nitrogens with one attached hydrogen (secondary N) is 2. The van der Waals surface area contributed by atoms with Gasteiger partial charge in [-0.05, 0) is 30.5 Å². The van der Waals surface area contributed by atoms with E-state index in [1.54, 1.807) is 0 Å². The number of nitrogens with two attached hydrogens (primary N) is 1. The van der Waals surface area contributed by atoms with Crippen LogP contribution in [0.3, 0.4) is 0 Å². The van der Waals surface area contributed by atoms with Gasteiger partial charge in [0.2, 0.25) is 5.91 Å². The van der Waals surface area contributed by atoms with Gasteiger partial charge >= 0.3 is 0 Å². The predicted octanol–water partition coefficient (Wildman–Crippen LogP) is 5.48. The molecule has 1 aliphatic rings. The van der Waals surface area contributed by atoms with Gasteiger partial charge in [-0.25, -0.2) is 9.97 Å². The Kier molecular flexibility index (Phi) is 8.89. The topological polar surface area (TPSA) is 117 Å². The summed E-state index contributed by atoms with van der Waals surface area (Å²) in [6.45, 7) is 2.65. The number of benzene rings is 2. The number of piperidine rings is 1. The van der Waals surface area contributed by atoms with Crippen LogP contribution >= 0.6 is 46.3 Å². The first-order chi connectivity index (χ1) is 18.8. The summed E-state index contributed by atoms with van der Waals surface area (Å²) in [5.74, 6) is 0.384. The van der Waals surface area contributed by atoms with Crippen LogP contribution in [0.1, 0.15) is 28.9 Å². The van der Waals surface area contributed by atoms with Crippen molar-refractivity contribution in [3.8, 4) is 22.6 Å². The molecule has 2 amide bonds. The fraction of sp³-hybridized carbons (Fsp3) is 0.259. The first-order valence-corrected chi connectivity index (χ1v) is 15.0. The molecule has 0 atom stereocenters. The van der Waals surface area contributed by atoms with Crippen molar-refractivity contribution in [3.63, 3.8) is 0 Å². The van der Waals surface area contributed by atoms with E-state index in [2.05, 4.69) is 25.2 Å². The number of thioether (sulfide) groups is 1. The number of hydrogen-bond donors (Lipinski definition) is 3. The van der Waals surface area contributed by atoms with Gasteiger partial charge < -0.3 is 16.0 Å². The summed E-state index contributed by atoms with van der Waals surface area (Å²) in [7, 11) is 0. The lowest BCUT2D eigenvalue weighted by molar-refractivity contribution is -0.119. The maximum Gasteiger partial charge on any atom is 0.266 e. The molecule has 0 spiro atoms. The molecule has 1 saturated heterocycles. The smallest absolute Gasteiger partial charge is 0.266 e. The number of imidazole rings is 1. The van der Waals surface area contributed by atoms with E-state index in [1.165, 1.54) is 29.3 Å². The van der Waals surface area contributed by atoms with Gasteiger partial charge in [0.05, 0.1) is 27.7 Å². The number of carbonyl (C=O) groups is 2. The monoisotopic (exact) mass is 600 g/mol. The molecular formula is C27H26Cl2N6O2S2. The molecule has 1 aliphatic heterocycles. The Labute approximate surface area is 244 Å². The molecule has 4 N–H and O–H groups in total. The average Bonchev–Trinajstić information content (AvgIpc) is 3.62. The number of hydrogen-bond acceptors (Lipinski definition) is 7. The van der Waals surface area contributed by atoms with Gasteiger partial charge in [-0.3, -0.25) is 14.5 Å². The normalized spacial score (nSPS) is 14.4. The molecule has 202 valence electrons. The highest BCUT2D eigenvalue weighted by molar-refractivity contribution is 8.01. The predicted molar refractivity (Wildman–Crippen MR) is 157 cm³/mol. The van der Waals surface area contributed by atoms with E-state index in [1.807, 2.05) is 47.8 Å². The number of nitrogens with zero attached hydrogens (tertiary/aromatic N) is 3. The highest BCUT2D eigenvalue weighted by Crippen LogP contribution is 2.30. The zero-order valence-corrected chi connectivity index (χ0v) is 24.0. The molecular weight excluding hydrogens is 575 g/mol. The molecule has 0 bridgehead atoms. The molecule has 39 heavy (non-hydrogen) atoms. The van der Waals surface area contributed by atoms with Crippen LogP contribution < -0.4 is 11.1 Å². The van der Waals surface area contributed by atoms with Crippen molar-refractivity contribution in [1.29, 1.82) is 0 Å². The van der Waals surface area contributed by atoms with Crippen LogP contribution in [0.25, 0.3) is 22.6 Å². The van der Waals surface area contributed by atoms with E-state index in [4.69, 9.17) is 28.9 Å². The summed E-state index contributed by atoms with van der Waals surface area (Å²) in [6, 6.07) is 13.7. The van der Waals surface area contributed by atoms with Crippen molar-refractivity contribution in [3.05, 3.63) is 75.3 Å². The quantitative estimate of drug-likeness (QED) is 0.219. The number of amides is 2. The van der Waals surface area contributed by atoms with Crippen LogP contribution in [-0.4, -0.2) is 56.6 Å². The summed E-state index contributed by atoms with van der Waals surface area (Å²) in [5, 5.41) is 6.30. The van der Waals surface area contributed by atoms with E-state index < -0.39 is 5.91 Å². The Morgan fingerprint density at radius 1 is 1.10 bits per heavy atom. The van der Waals surface area contributed by atoms with Gasteiger partial charge in [-0.2, -0.15) is 0 Å². The number of likely N-dealkylation sites (tertiary alicyclic amines) is 1. The molecule has 0 saturated carbocycles. The first-order valence-electron chi connectivity index (χ1n) is 12.3. The van der Waals surface area contributed by atoms with E-state index in [0.717, 1.165) is 59.2 Å². The molecule has 0 unspecified atom stereocenters. The molecule has 5 rings (SSSR count). The molecule has 3 heterocycles. The number of aromatic amines is 1. The van der Waals surface area contributed by atoms with Crippen molar-refractivity contribution >= 4 is 58.1 Å². The maximum atomic E-state index is 12.6. The molecule has 0 radical (unpaired) electrons. The summed E-state index contributed by atoms with van der Waals surface area (Å²) in [6.07, 6.45) is 3.25. The minimum absolute atomic E-state index is 0.0258. The Morgan fingerprint density at radius 3 is 2.54 bits per heavy atom. The largest absolute Gasteiger partial charge is 0.364 e. The number of thiazole rings is 1. The second-order valence-corrected chi connectivity index (χ2v) is 12.1. The summed E-state index contributed by atoms with van der Waals surface area (Å²) in [4.78, 5) is 38.0. The number of carbonyl (C=O) groups excluding carboxylic acids is 2. The minimum Gasteiger partial charge on any atom is -0.364 e. The lowest BCUT2D eigenvalue weighted by atomic mass is 10.0. The van der Waals surface area contributed by atoms with Crippen molar-refractivity contribution in [2.24, 2.45) is 5.73 Å². The fourth-order valence-electron chi connectivity index (χ4n) is 4.38. The summed E-state index contributed by atoms with van der Waals surface area (Å²) in [5.41, 5.74) is 9.33. The number of rotatable bonds is 9. The van der Waals surface area contributed by atoms with Crippen molar-refractivity contribution in [2.45, 2.75) is 29.8 Å². The van der Waals surface area contributed by atoms with E-state index >= 15 is 0 Å². The minimum atomic E-state index is -0.548. The molecule has 1 fully saturated rings. The van der Waals surface area contributed by atoms with Gasteiger partial charge in [-0.15, -0.1) is 11.3 Å². The van der Waals surface area contributed by atoms with Gasteiger partial charge in [0, 0.05) is 42.2 Å². The maximum absolute atomic E-state index is 12.6. The van der Waals surface area contributed by atoms with Gasteiger partial charge in [-0.1, -0.05) is 65.3 Å². The average molecular weight is 602 g/mol. The number of halogens is 2. The highest BCUT2D eigenvalue weighted by Gasteiger charge is 2.21. The van der Waals surface area contributed by atoms with Crippen molar-refractivity contribution < 1.29 is 9.59 Å². The third-order valence-corrected chi connectivity index (χ3v) is 9.21. The van der Waals surface area contributed by atoms with Crippen LogP contribution in [0, 0.1) is 0 Å². The van der Waals surface area contributed by atoms with Crippen molar-refractivity contribution in [1.82, 2.24) is 25.2 Å². The van der Waals surface area contributed by atoms with Crippen LogP contribution in [0.2, 0.25) is 10.0 Å². The number of aromatic nitrogens is 3. The van der Waals surface area contributed by atoms with E-state index in [9.17, 15) is 9.59 Å². The third kappa shape index (κ3) is 7.20. The number of primary amides is 1. The number of H-pyrrole nitrogens is 1. The lowest BCUT2D eigenvalue weighted by Crippen LogP contribution is -2.44. The molecule has 2 aromatic heterocycles. The first kappa shape index (κ1) is 27.7. The second kappa shape index (κ2) is 12.5. The van der Waals surface area contributed by atoms with Crippen molar-refractivity contribution in [2.75, 3.05) is 18.8 Å². The molecule has 2 aromatic carbocycles. The Hall–Kier alpha value is -2.89. The second-order valence-electron chi connectivity index (χ2n) is 9.24. The summed E-state index contributed by atoms with van der Waals surface area (Å²) >= 11 is 15.1. The molecule has 0 aliphatic carbocycles. The Morgan fingerprint density at radius 2 is 1.85 bits per heavy atom. The fourth-order valence-corrected chi connectivity index (χ4v) is 6.34. The molecule has 8 nitrogen and oxygen atoms in total. The zero-order valence-electron chi connectivity index (χ0n) is 20.8. The van der Waals surface area contributed by atoms with Crippen LogP contribution in [0.15, 0.2) is 58.4 Å². The summed E-state index contributed by atoms with van der Waals surface area (Å²) < 4.78 is 0.845. The standard InChI is InChI=1S/C27H26Cl2N6O2S2/c28-20-6-1-16(11-21(20)29)13-35-9-7-19(8-10-35)32-24(36)15-39-27-34-23(14-38-27)17-2-4-18(5-3-17)26-31-12-22(33-26)25(30)37/h1-6,11-12,14,19H,7-10,13,15H2,(H2,30,37)(H,31,33)(H,32,36). The Balaban J connectivity index is 1.06. The molecule has 12 heteroatoms. The Bertz CT molecular complexity index is 1470. The SMILES string of the molecule is NC(=O)c1cnc(-c2ccc(-c3csc(SCC(=O)NC4CCN(Cc5ccc(Cl)c(Cl)c5)CC4)n3)cc2)[nH]1. The lowest BCUT2D eigenvalue weighted by Gasteiger charge is -2.32. The van der Waals surface area contributed by atoms with Crippen LogP contribution in [0.4, 0.5) is 0 Å². The molecule has 4 aromatic rings. The van der Waals surface area contributed by atoms with Crippen LogP contribution in [0.5, 0.6) is 0 Å². The van der Waals surface area contributed by atoms with E-state index in [-0.39, 0.29) is 17.6 Å². The van der Waals surface area contributed by atoms with Gasteiger partial charge in [0.15, 0.2) is 4.34 Å².